The van der Waals surface area contributed by atoms with Gasteiger partial charge in [0.1, 0.15) is 6.61 Å². The molecule has 0 unspecified atom stereocenters. The van der Waals surface area contributed by atoms with Crippen LogP contribution in [0, 0.1) is 0 Å². The van der Waals surface area contributed by atoms with Crippen molar-refractivity contribution < 1.29 is 9.53 Å². The average molecular weight is 381 g/mol. The highest BCUT2D eigenvalue weighted by Crippen LogP contribution is 2.35. The number of hydrogen-bond acceptors (Lipinski definition) is 2. The van der Waals surface area contributed by atoms with Gasteiger partial charge in [0.25, 0.3) is 0 Å². The minimum atomic E-state index is -0.320. The van der Waals surface area contributed by atoms with Gasteiger partial charge in [0.05, 0.1) is 10.7 Å². The Labute approximate surface area is 143 Å². The molecule has 3 rings (SSSR count). The van der Waals surface area contributed by atoms with Gasteiger partial charge in [0.2, 0.25) is 0 Å². The second kappa shape index (κ2) is 6.71. The molecule has 2 aromatic rings. The van der Waals surface area contributed by atoms with E-state index in [9.17, 15) is 4.79 Å². The van der Waals surface area contributed by atoms with Gasteiger partial charge in [-0.05, 0) is 52.0 Å². The predicted molar refractivity (Wildman–Crippen MR) is 91.4 cm³/mol. The number of aryl methyl sites for hydroxylation is 1. The van der Waals surface area contributed by atoms with Crippen molar-refractivity contribution in [3.05, 3.63) is 63.1 Å². The third-order valence-corrected chi connectivity index (χ3v) is 4.86. The fourth-order valence-electron chi connectivity index (χ4n) is 2.56. The minimum absolute atomic E-state index is 0.278. The van der Waals surface area contributed by atoms with Crippen LogP contribution in [0.5, 0.6) is 0 Å². The molecular formula is C17H15BrClNO2. The summed E-state index contributed by atoms with van der Waals surface area (Å²) in [6.07, 6.45) is 1.51. The van der Waals surface area contributed by atoms with Crippen LogP contribution >= 0.6 is 27.5 Å². The molecule has 0 atom stereocenters. The van der Waals surface area contributed by atoms with Crippen molar-refractivity contribution in [2.24, 2.45) is 0 Å². The van der Waals surface area contributed by atoms with Crippen molar-refractivity contribution in [2.75, 3.05) is 11.4 Å². The lowest BCUT2D eigenvalue weighted by atomic mass is 10.0. The Balaban J connectivity index is 1.76. The number of fused-ring (bicyclic) bond motifs is 1. The van der Waals surface area contributed by atoms with E-state index in [0.29, 0.717) is 11.6 Å². The molecular weight excluding hydrogens is 366 g/mol. The first-order valence-electron chi connectivity index (χ1n) is 7.11. The van der Waals surface area contributed by atoms with E-state index in [1.165, 1.54) is 0 Å². The first-order chi connectivity index (χ1) is 10.6. The van der Waals surface area contributed by atoms with Crippen molar-refractivity contribution in [1.29, 1.82) is 0 Å². The molecule has 0 aliphatic carbocycles. The first kappa shape index (κ1) is 15.4. The number of hydrogen-bond donors (Lipinski definition) is 0. The molecule has 1 heterocycles. The third-order valence-electron chi connectivity index (χ3n) is 3.67. The Morgan fingerprint density at radius 2 is 2.05 bits per heavy atom. The number of nitrogens with zero attached hydrogens (tertiary/aromatic N) is 1. The third kappa shape index (κ3) is 3.28. The van der Waals surface area contributed by atoms with Gasteiger partial charge in [-0.15, -0.1) is 0 Å². The zero-order valence-corrected chi connectivity index (χ0v) is 14.2. The van der Waals surface area contributed by atoms with Gasteiger partial charge in [-0.3, -0.25) is 4.90 Å². The number of halogens is 2. The lowest BCUT2D eigenvalue weighted by Gasteiger charge is -2.29. The standard InChI is InChI=1S/C17H15BrClNO2/c18-14-10-16-13(9-15(14)19)7-4-8-20(16)17(21)22-11-12-5-2-1-3-6-12/h1-3,5-6,9-10H,4,7-8,11H2. The summed E-state index contributed by atoms with van der Waals surface area (Å²) < 4.78 is 6.22. The molecule has 114 valence electrons. The highest BCUT2D eigenvalue weighted by Gasteiger charge is 2.24. The Kier molecular flexibility index (Phi) is 4.69. The van der Waals surface area contributed by atoms with Gasteiger partial charge in [-0.2, -0.15) is 0 Å². The molecule has 0 aromatic heterocycles. The van der Waals surface area contributed by atoms with E-state index in [0.717, 1.165) is 34.1 Å². The van der Waals surface area contributed by atoms with E-state index < -0.39 is 0 Å². The number of ether oxygens (including phenoxy) is 1. The van der Waals surface area contributed by atoms with Crippen LogP contribution in [-0.4, -0.2) is 12.6 Å². The highest BCUT2D eigenvalue weighted by molar-refractivity contribution is 9.10. The smallest absolute Gasteiger partial charge is 0.414 e. The van der Waals surface area contributed by atoms with Crippen molar-refractivity contribution >= 4 is 39.3 Å². The lowest BCUT2D eigenvalue weighted by Crippen LogP contribution is -2.35. The lowest BCUT2D eigenvalue weighted by molar-refractivity contribution is 0.146. The quantitative estimate of drug-likeness (QED) is 0.717. The molecule has 3 nitrogen and oxygen atoms in total. The molecule has 5 heteroatoms. The Bertz CT molecular complexity index is 691. The molecule has 0 saturated heterocycles. The number of amides is 1. The first-order valence-corrected chi connectivity index (χ1v) is 8.28. The van der Waals surface area contributed by atoms with E-state index >= 15 is 0 Å². The van der Waals surface area contributed by atoms with E-state index in [2.05, 4.69) is 15.9 Å². The van der Waals surface area contributed by atoms with Crippen LogP contribution in [0.2, 0.25) is 5.02 Å². The zero-order valence-electron chi connectivity index (χ0n) is 11.9. The van der Waals surface area contributed by atoms with E-state index in [4.69, 9.17) is 16.3 Å². The molecule has 1 aliphatic heterocycles. The molecule has 0 radical (unpaired) electrons. The maximum Gasteiger partial charge on any atom is 0.414 e. The second-order valence-electron chi connectivity index (χ2n) is 5.19. The van der Waals surface area contributed by atoms with Crippen molar-refractivity contribution in [3.8, 4) is 0 Å². The maximum atomic E-state index is 12.4. The van der Waals surface area contributed by atoms with E-state index in [-0.39, 0.29) is 12.7 Å². The Morgan fingerprint density at radius 1 is 1.27 bits per heavy atom. The van der Waals surface area contributed by atoms with Crippen molar-refractivity contribution in [1.82, 2.24) is 0 Å². The molecule has 0 saturated carbocycles. The van der Waals surface area contributed by atoms with Crippen LogP contribution in [-0.2, 0) is 17.8 Å². The van der Waals surface area contributed by atoms with Crippen LogP contribution < -0.4 is 4.90 Å². The molecule has 22 heavy (non-hydrogen) atoms. The monoisotopic (exact) mass is 379 g/mol. The SMILES string of the molecule is O=C(OCc1ccccc1)N1CCCc2cc(Cl)c(Br)cc21. The fraction of sp³-hybridized carbons (Fsp3) is 0.235. The minimum Gasteiger partial charge on any atom is -0.444 e. The average Bonchev–Trinajstić information content (AvgIpc) is 2.54. The summed E-state index contributed by atoms with van der Waals surface area (Å²) in [5.74, 6) is 0. The summed E-state index contributed by atoms with van der Waals surface area (Å²) in [4.78, 5) is 14.1. The topological polar surface area (TPSA) is 29.5 Å². The van der Waals surface area contributed by atoms with E-state index in [1.54, 1.807) is 4.90 Å². The van der Waals surface area contributed by atoms with Gasteiger partial charge < -0.3 is 4.74 Å². The Morgan fingerprint density at radius 3 is 2.82 bits per heavy atom. The molecule has 0 spiro atoms. The molecule has 1 aliphatic rings. The van der Waals surface area contributed by atoms with Crippen molar-refractivity contribution in [2.45, 2.75) is 19.4 Å². The fourth-order valence-corrected chi connectivity index (χ4v) is 3.08. The normalized spacial score (nSPS) is 13.6. The summed E-state index contributed by atoms with van der Waals surface area (Å²) in [6, 6.07) is 13.5. The molecule has 0 bridgehead atoms. The van der Waals surface area contributed by atoms with Gasteiger partial charge in [0, 0.05) is 11.0 Å². The van der Waals surface area contributed by atoms with Gasteiger partial charge in [-0.1, -0.05) is 41.9 Å². The molecule has 1 amide bonds. The van der Waals surface area contributed by atoms with Gasteiger partial charge in [-0.25, -0.2) is 4.79 Å². The summed E-state index contributed by atoms with van der Waals surface area (Å²) in [6.45, 7) is 0.939. The van der Waals surface area contributed by atoms with Crippen molar-refractivity contribution in [3.63, 3.8) is 0 Å². The number of carbonyl (C=O) groups excluding carboxylic acids is 1. The Hall–Kier alpha value is -1.52. The van der Waals surface area contributed by atoms with E-state index in [1.807, 2.05) is 42.5 Å². The molecule has 2 aromatic carbocycles. The largest absolute Gasteiger partial charge is 0.444 e. The van der Waals surface area contributed by atoms with Crippen LogP contribution in [0.4, 0.5) is 10.5 Å². The summed E-state index contributed by atoms with van der Waals surface area (Å²) in [5.41, 5.74) is 2.93. The van der Waals surface area contributed by atoms with Gasteiger partial charge in [0.15, 0.2) is 0 Å². The number of anilines is 1. The maximum absolute atomic E-state index is 12.4. The molecule has 0 fully saturated rings. The highest BCUT2D eigenvalue weighted by atomic mass is 79.9. The number of benzene rings is 2. The van der Waals surface area contributed by atoms with Gasteiger partial charge >= 0.3 is 6.09 Å². The predicted octanol–water partition coefficient (Wildman–Crippen LogP) is 5.19. The summed E-state index contributed by atoms with van der Waals surface area (Å²) in [5, 5.41) is 0.665. The number of rotatable bonds is 2. The van der Waals surface area contributed by atoms with Crippen LogP contribution in [0.25, 0.3) is 0 Å². The van der Waals surface area contributed by atoms with Crippen LogP contribution in [0.1, 0.15) is 17.5 Å². The molecule has 0 N–H and O–H groups in total. The second-order valence-corrected chi connectivity index (χ2v) is 6.45. The summed E-state index contributed by atoms with van der Waals surface area (Å²) >= 11 is 9.55. The van der Waals surface area contributed by atoms with Crippen LogP contribution in [0.3, 0.4) is 0 Å². The summed E-state index contributed by atoms with van der Waals surface area (Å²) in [7, 11) is 0. The number of carbonyl (C=O) groups is 1. The zero-order chi connectivity index (χ0) is 15.5. The van der Waals surface area contributed by atoms with Crippen LogP contribution in [0.15, 0.2) is 46.9 Å².